The van der Waals surface area contributed by atoms with Crippen LogP contribution in [0.5, 0.6) is 0 Å². The Bertz CT molecular complexity index is 887. The van der Waals surface area contributed by atoms with Gasteiger partial charge in [-0.1, -0.05) is 0 Å². The second-order valence-corrected chi connectivity index (χ2v) is 5.69. The predicted molar refractivity (Wildman–Crippen MR) is 101 cm³/mol. The Morgan fingerprint density at radius 2 is 1.08 bits per heavy atom. The Morgan fingerprint density at radius 3 is 1.58 bits per heavy atom. The molecule has 0 bridgehead atoms. The van der Waals surface area contributed by atoms with Gasteiger partial charge in [0, 0.05) is 41.9 Å². The lowest BCUT2D eigenvalue weighted by Gasteiger charge is -2.20. The van der Waals surface area contributed by atoms with Crippen molar-refractivity contribution in [2.75, 3.05) is 11.9 Å². The number of nitrogens with zero attached hydrogens (tertiary/aromatic N) is 6. The molecule has 0 N–H and O–H groups in total. The maximum absolute atomic E-state index is 4.28. The molecule has 2 heterocycles. The molecule has 6 nitrogen and oxygen atoms in total. The van der Waals surface area contributed by atoms with Gasteiger partial charge in [0.2, 0.25) is 0 Å². The summed E-state index contributed by atoms with van der Waals surface area (Å²) in [6.45, 7) is 0. The Balaban J connectivity index is 1.55. The molecule has 0 atom stereocenters. The Hall–Kier alpha value is -3.67. The fourth-order valence-corrected chi connectivity index (χ4v) is 2.65. The highest BCUT2D eigenvalue weighted by molar-refractivity contribution is 5.68. The summed E-state index contributed by atoms with van der Waals surface area (Å²) in [5, 5.41) is 0. The first kappa shape index (κ1) is 15.8. The molecule has 6 heteroatoms. The smallest absolute Gasteiger partial charge is 0.162 e. The molecule has 2 aromatic carbocycles. The second kappa shape index (κ2) is 7.06. The monoisotopic (exact) mass is 340 g/mol. The van der Waals surface area contributed by atoms with Crippen LogP contribution in [0.2, 0.25) is 0 Å². The maximum Gasteiger partial charge on any atom is 0.162 e. The summed E-state index contributed by atoms with van der Waals surface area (Å²) >= 11 is 0. The third-order valence-electron chi connectivity index (χ3n) is 4.08. The van der Waals surface area contributed by atoms with E-state index in [0.717, 1.165) is 28.3 Å². The van der Waals surface area contributed by atoms with E-state index >= 15 is 0 Å². The summed E-state index contributed by atoms with van der Waals surface area (Å²) in [4.78, 5) is 22.9. The van der Waals surface area contributed by atoms with Crippen LogP contribution in [0.4, 0.5) is 11.4 Å². The van der Waals surface area contributed by atoms with Crippen molar-refractivity contribution in [3.05, 3.63) is 79.6 Å². The molecule has 4 rings (SSSR count). The van der Waals surface area contributed by atoms with Crippen LogP contribution in [-0.2, 0) is 0 Å². The first-order chi connectivity index (χ1) is 12.8. The molecule has 0 aliphatic rings. The summed E-state index contributed by atoms with van der Waals surface area (Å²) < 4.78 is 0. The van der Waals surface area contributed by atoms with Gasteiger partial charge in [0.25, 0.3) is 0 Å². The summed E-state index contributed by atoms with van der Waals surface area (Å²) in [6.07, 6.45) is 6.49. The van der Waals surface area contributed by atoms with Gasteiger partial charge in [0.1, 0.15) is 12.7 Å². The molecule has 0 aliphatic heterocycles. The number of aromatic nitrogens is 5. The number of rotatable bonds is 4. The largest absolute Gasteiger partial charge is 0.345 e. The van der Waals surface area contributed by atoms with Gasteiger partial charge in [0.05, 0.1) is 0 Å². The van der Waals surface area contributed by atoms with Crippen molar-refractivity contribution in [2.45, 2.75) is 0 Å². The molecular formula is C20H16N6. The van der Waals surface area contributed by atoms with E-state index in [9.17, 15) is 0 Å². The van der Waals surface area contributed by atoms with Crippen molar-refractivity contribution < 1.29 is 0 Å². The Morgan fingerprint density at radius 1 is 0.615 bits per heavy atom. The van der Waals surface area contributed by atoms with Crippen LogP contribution in [0.3, 0.4) is 0 Å². The van der Waals surface area contributed by atoms with E-state index in [1.165, 1.54) is 12.7 Å². The van der Waals surface area contributed by atoms with Crippen LogP contribution < -0.4 is 4.90 Å². The molecule has 0 aliphatic carbocycles. The van der Waals surface area contributed by atoms with E-state index in [1.54, 1.807) is 12.4 Å². The van der Waals surface area contributed by atoms with Gasteiger partial charge in [-0.05, 0) is 54.6 Å². The first-order valence-electron chi connectivity index (χ1n) is 8.15. The highest BCUT2D eigenvalue weighted by atomic mass is 15.1. The molecule has 0 unspecified atom stereocenters. The van der Waals surface area contributed by atoms with E-state index in [2.05, 4.69) is 42.0 Å². The Kier molecular flexibility index (Phi) is 4.30. The minimum Gasteiger partial charge on any atom is -0.345 e. The fraction of sp³-hybridized carbons (Fsp3) is 0.0500. The van der Waals surface area contributed by atoms with Crippen molar-refractivity contribution >= 4 is 11.4 Å². The zero-order valence-electron chi connectivity index (χ0n) is 14.2. The van der Waals surface area contributed by atoms with Crippen molar-refractivity contribution in [1.82, 2.24) is 24.9 Å². The third-order valence-corrected chi connectivity index (χ3v) is 4.08. The van der Waals surface area contributed by atoms with Gasteiger partial charge >= 0.3 is 0 Å². The topological polar surface area (TPSA) is 67.7 Å². The van der Waals surface area contributed by atoms with Crippen LogP contribution >= 0.6 is 0 Å². The molecule has 0 amide bonds. The normalized spacial score (nSPS) is 10.5. The van der Waals surface area contributed by atoms with Crippen molar-refractivity contribution in [3.8, 4) is 22.8 Å². The van der Waals surface area contributed by atoms with Crippen LogP contribution in [0.1, 0.15) is 0 Å². The average Bonchev–Trinajstić information content (AvgIpc) is 2.75. The van der Waals surface area contributed by atoms with Crippen molar-refractivity contribution in [1.29, 1.82) is 0 Å². The molecule has 0 fully saturated rings. The summed E-state index contributed by atoms with van der Waals surface area (Å²) in [5.74, 6) is 1.39. The van der Waals surface area contributed by atoms with Crippen molar-refractivity contribution in [3.63, 3.8) is 0 Å². The zero-order chi connectivity index (χ0) is 17.8. The molecule has 0 radical (unpaired) electrons. The van der Waals surface area contributed by atoms with Gasteiger partial charge < -0.3 is 4.90 Å². The number of hydrogen-bond donors (Lipinski definition) is 0. The van der Waals surface area contributed by atoms with E-state index in [0.29, 0.717) is 5.82 Å². The summed E-state index contributed by atoms with van der Waals surface area (Å²) in [5.41, 5.74) is 4.11. The number of hydrogen-bond acceptors (Lipinski definition) is 6. The molecule has 26 heavy (non-hydrogen) atoms. The van der Waals surface area contributed by atoms with E-state index in [-0.39, 0.29) is 0 Å². The second-order valence-electron chi connectivity index (χ2n) is 5.69. The van der Waals surface area contributed by atoms with Crippen LogP contribution in [-0.4, -0.2) is 32.0 Å². The van der Waals surface area contributed by atoms with Crippen molar-refractivity contribution in [2.24, 2.45) is 0 Å². The Labute approximate surface area is 151 Å². The average molecular weight is 340 g/mol. The lowest BCUT2D eigenvalue weighted by molar-refractivity contribution is 1.06. The third kappa shape index (κ3) is 3.25. The predicted octanol–water partition coefficient (Wildman–Crippen LogP) is 3.76. The van der Waals surface area contributed by atoms with Crippen LogP contribution in [0.25, 0.3) is 22.8 Å². The standard InChI is InChI=1S/C20H16N6/c1-26(17-7-3-15(4-8-17)19-22-11-2-12-23-19)18-9-5-16(6-10-18)20-24-13-21-14-25-20/h2-14H,1H3. The highest BCUT2D eigenvalue weighted by Gasteiger charge is 2.07. The van der Waals surface area contributed by atoms with Gasteiger partial charge in [-0.25, -0.2) is 24.9 Å². The highest BCUT2D eigenvalue weighted by Crippen LogP contribution is 2.27. The van der Waals surface area contributed by atoms with E-state index in [4.69, 9.17) is 0 Å². The maximum atomic E-state index is 4.28. The lowest BCUT2D eigenvalue weighted by Crippen LogP contribution is -2.09. The van der Waals surface area contributed by atoms with Crippen LogP contribution in [0, 0.1) is 0 Å². The van der Waals surface area contributed by atoms with Gasteiger partial charge in [0.15, 0.2) is 11.6 Å². The van der Waals surface area contributed by atoms with Crippen LogP contribution in [0.15, 0.2) is 79.6 Å². The van der Waals surface area contributed by atoms with Gasteiger partial charge in [-0.2, -0.15) is 0 Å². The SMILES string of the molecule is CN(c1ccc(-c2ncccn2)cc1)c1ccc(-c2ncncn2)cc1. The number of benzene rings is 2. The quantitative estimate of drug-likeness (QED) is 0.563. The lowest BCUT2D eigenvalue weighted by atomic mass is 10.1. The van der Waals surface area contributed by atoms with Gasteiger partial charge in [-0.15, -0.1) is 0 Å². The first-order valence-corrected chi connectivity index (χ1v) is 8.15. The zero-order valence-corrected chi connectivity index (χ0v) is 14.2. The van der Waals surface area contributed by atoms with E-state index < -0.39 is 0 Å². The minimum atomic E-state index is 0.668. The number of anilines is 2. The summed E-state index contributed by atoms with van der Waals surface area (Å²) in [7, 11) is 2.03. The minimum absolute atomic E-state index is 0.668. The summed E-state index contributed by atoms with van der Waals surface area (Å²) in [6, 6.07) is 18.1. The molecule has 4 aromatic rings. The van der Waals surface area contributed by atoms with E-state index in [1.807, 2.05) is 49.5 Å². The molecule has 0 spiro atoms. The molecular weight excluding hydrogens is 324 g/mol. The van der Waals surface area contributed by atoms with Gasteiger partial charge in [-0.3, -0.25) is 0 Å². The fourth-order valence-electron chi connectivity index (χ4n) is 2.65. The molecule has 0 saturated heterocycles. The molecule has 2 aromatic heterocycles. The molecule has 126 valence electrons. The molecule has 0 saturated carbocycles.